The third-order valence-electron chi connectivity index (χ3n) is 4.98. The highest BCUT2D eigenvalue weighted by molar-refractivity contribution is 5.78. The molecule has 146 valence electrons. The molecule has 0 aromatic heterocycles. The Hall–Kier alpha value is -3.04. The van der Waals surface area contributed by atoms with Gasteiger partial charge in [0, 0.05) is 38.4 Å². The molecule has 0 unspecified atom stereocenters. The normalized spacial score (nSPS) is 14.1. The van der Waals surface area contributed by atoms with Crippen molar-refractivity contribution in [3.63, 3.8) is 0 Å². The van der Waals surface area contributed by atoms with E-state index in [4.69, 9.17) is 10.00 Å². The third-order valence-corrected chi connectivity index (χ3v) is 4.98. The summed E-state index contributed by atoms with van der Waals surface area (Å²) in [5, 5.41) is 9.01. The van der Waals surface area contributed by atoms with E-state index in [9.17, 15) is 4.79 Å². The molecule has 0 radical (unpaired) electrons. The first-order chi connectivity index (χ1) is 13.6. The van der Waals surface area contributed by atoms with E-state index in [0.29, 0.717) is 18.7 Å². The summed E-state index contributed by atoms with van der Waals surface area (Å²) in [5.41, 5.74) is 2.84. The Bertz CT molecular complexity index is 836. The minimum Gasteiger partial charge on any atom is -0.497 e. The van der Waals surface area contributed by atoms with E-state index < -0.39 is 0 Å². The summed E-state index contributed by atoms with van der Waals surface area (Å²) in [6.07, 6.45) is 0. The van der Waals surface area contributed by atoms with E-state index in [2.05, 4.69) is 23.1 Å². The number of rotatable bonds is 6. The second-order valence-electron chi connectivity index (χ2n) is 7.05. The van der Waals surface area contributed by atoms with Crippen LogP contribution in [0.5, 0.6) is 5.75 Å². The van der Waals surface area contributed by atoms with Gasteiger partial charge in [-0.05, 0) is 49.0 Å². The van der Waals surface area contributed by atoms with Crippen molar-refractivity contribution in [2.24, 2.45) is 0 Å². The fourth-order valence-electron chi connectivity index (χ4n) is 3.44. The van der Waals surface area contributed by atoms with Gasteiger partial charge in [-0.2, -0.15) is 5.26 Å². The quantitative estimate of drug-likeness (QED) is 0.772. The van der Waals surface area contributed by atoms with Gasteiger partial charge >= 0.3 is 0 Å². The lowest BCUT2D eigenvalue weighted by Gasteiger charge is -2.36. The first-order valence-corrected chi connectivity index (χ1v) is 9.43. The van der Waals surface area contributed by atoms with Crippen molar-refractivity contribution in [1.29, 1.82) is 5.26 Å². The molecule has 1 fully saturated rings. The van der Waals surface area contributed by atoms with Crippen LogP contribution in [0.3, 0.4) is 0 Å². The Morgan fingerprint density at radius 2 is 1.86 bits per heavy atom. The highest BCUT2D eigenvalue weighted by Crippen LogP contribution is 2.20. The lowest BCUT2D eigenvalue weighted by molar-refractivity contribution is -0.132. The maximum atomic E-state index is 12.6. The monoisotopic (exact) mass is 378 g/mol. The van der Waals surface area contributed by atoms with Crippen molar-refractivity contribution >= 4 is 11.6 Å². The van der Waals surface area contributed by atoms with Crippen LogP contribution in [0.4, 0.5) is 5.69 Å². The number of hydrogen-bond acceptors (Lipinski definition) is 5. The van der Waals surface area contributed by atoms with Crippen LogP contribution in [0.1, 0.15) is 11.1 Å². The van der Waals surface area contributed by atoms with Gasteiger partial charge in [0.25, 0.3) is 0 Å². The maximum Gasteiger partial charge on any atom is 0.236 e. The van der Waals surface area contributed by atoms with E-state index in [-0.39, 0.29) is 5.91 Å². The van der Waals surface area contributed by atoms with Crippen LogP contribution < -0.4 is 9.64 Å². The van der Waals surface area contributed by atoms with Gasteiger partial charge in [-0.25, -0.2) is 0 Å². The van der Waals surface area contributed by atoms with Gasteiger partial charge in [-0.1, -0.05) is 12.1 Å². The first kappa shape index (κ1) is 19.7. The second-order valence-corrected chi connectivity index (χ2v) is 7.05. The molecule has 1 saturated heterocycles. The smallest absolute Gasteiger partial charge is 0.236 e. The van der Waals surface area contributed by atoms with Gasteiger partial charge in [-0.15, -0.1) is 0 Å². The molecular formula is C22H26N4O2. The average molecular weight is 378 g/mol. The van der Waals surface area contributed by atoms with Gasteiger partial charge in [0.15, 0.2) is 0 Å². The summed E-state index contributed by atoms with van der Waals surface area (Å²) in [6.45, 7) is 4.12. The molecule has 1 heterocycles. The largest absolute Gasteiger partial charge is 0.497 e. The van der Waals surface area contributed by atoms with Crippen LogP contribution in [-0.2, 0) is 11.3 Å². The first-order valence-electron chi connectivity index (χ1n) is 9.43. The minimum absolute atomic E-state index is 0.147. The molecule has 0 saturated carbocycles. The molecule has 0 spiro atoms. The van der Waals surface area contributed by atoms with Crippen LogP contribution in [-0.4, -0.2) is 62.6 Å². The topological polar surface area (TPSA) is 59.8 Å². The summed E-state index contributed by atoms with van der Waals surface area (Å²) in [4.78, 5) is 18.9. The molecule has 0 bridgehead atoms. The van der Waals surface area contributed by atoms with Crippen molar-refractivity contribution in [2.75, 3.05) is 51.8 Å². The number of nitriles is 1. The molecule has 2 aromatic rings. The number of likely N-dealkylation sites (N-methyl/N-ethyl adjacent to an activating group) is 1. The van der Waals surface area contributed by atoms with Crippen molar-refractivity contribution in [2.45, 2.75) is 6.54 Å². The van der Waals surface area contributed by atoms with Crippen LogP contribution in [0.2, 0.25) is 0 Å². The fraction of sp³-hybridized carbons (Fsp3) is 0.364. The molecule has 1 aliphatic heterocycles. The van der Waals surface area contributed by atoms with Gasteiger partial charge in [-0.3, -0.25) is 9.69 Å². The number of carbonyl (C=O) groups is 1. The molecule has 1 amide bonds. The van der Waals surface area contributed by atoms with E-state index >= 15 is 0 Å². The molecule has 0 aliphatic carbocycles. The van der Waals surface area contributed by atoms with Crippen LogP contribution in [0.25, 0.3) is 0 Å². The number of nitrogens with zero attached hydrogens (tertiary/aromatic N) is 4. The lowest BCUT2D eigenvalue weighted by Crippen LogP contribution is -2.51. The Labute approximate surface area is 166 Å². The van der Waals surface area contributed by atoms with Crippen molar-refractivity contribution < 1.29 is 9.53 Å². The molecule has 0 N–H and O–H groups in total. The molecule has 1 aliphatic rings. The van der Waals surface area contributed by atoms with E-state index in [1.165, 1.54) is 0 Å². The van der Waals surface area contributed by atoms with E-state index in [1.54, 1.807) is 13.2 Å². The average Bonchev–Trinajstić information content (AvgIpc) is 2.74. The summed E-state index contributed by atoms with van der Waals surface area (Å²) in [7, 11) is 3.60. The van der Waals surface area contributed by atoms with Crippen molar-refractivity contribution in [1.82, 2.24) is 9.80 Å². The fourth-order valence-corrected chi connectivity index (χ4v) is 3.44. The molecular weight excluding hydrogens is 352 g/mol. The van der Waals surface area contributed by atoms with Gasteiger partial charge < -0.3 is 14.5 Å². The molecule has 6 nitrogen and oxygen atoms in total. The highest BCUT2D eigenvalue weighted by Gasteiger charge is 2.22. The van der Waals surface area contributed by atoms with Gasteiger partial charge in [0.2, 0.25) is 5.91 Å². The summed E-state index contributed by atoms with van der Waals surface area (Å²) >= 11 is 0. The number of piperazine rings is 1. The van der Waals surface area contributed by atoms with Crippen molar-refractivity contribution in [3.05, 3.63) is 59.7 Å². The molecule has 2 aromatic carbocycles. The summed E-state index contributed by atoms with van der Waals surface area (Å²) in [6, 6.07) is 17.7. The maximum absolute atomic E-state index is 12.6. The number of amides is 1. The van der Waals surface area contributed by atoms with Gasteiger partial charge in [0.05, 0.1) is 25.3 Å². The minimum atomic E-state index is 0.147. The molecule has 6 heteroatoms. The van der Waals surface area contributed by atoms with Crippen LogP contribution in [0.15, 0.2) is 48.5 Å². The van der Waals surface area contributed by atoms with Crippen LogP contribution in [0, 0.1) is 11.3 Å². The Morgan fingerprint density at radius 3 is 2.50 bits per heavy atom. The molecule has 28 heavy (non-hydrogen) atoms. The van der Waals surface area contributed by atoms with E-state index in [0.717, 1.165) is 43.2 Å². The van der Waals surface area contributed by atoms with E-state index in [1.807, 2.05) is 47.2 Å². The predicted molar refractivity (Wildman–Crippen MR) is 109 cm³/mol. The number of carbonyl (C=O) groups excluding carboxylic acids is 1. The zero-order chi connectivity index (χ0) is 19.9. The highest BCUT2D eigenvalue weighted by atomic mass is 16.5. The number of anilines is 1. The number of methoxy groups -OCH3 is 1. The third kappa shape index (κ3) is 5.02. The summed E-state index contributed by atoms with van der Waals surface area (Å²) in [5.74, 6) is 0.995. The summed E-state index contributed by atoms with van der Waals surface area (Å²) < 4.78 is 5.21. The van der Waals surface area contributed by atoms with Crippen LogP contribution >= 0.6 is 0 Å². The molecule has 3 rings (SSSR count). The standard InChI is InChI=1S/C22H26N4O2/c1-24(16-19-5-3-4-18(14-19)15-23)17-22(27)26-12-10-25(11-13-26)20-6-8-21(28-2)9-7-20/h3-9,14H,10-13,16-17H2,1-2H3. The SMILES string of the molecule is COc1ccc(N2CCN(C(=O)CN(C)Cc3cccc(C#N)c3)CC2)cc1. The Morgan fingerprint density at radius 1 is 1.14 bits per heavy atom. The molecule has 0 atom stereocenters. The Balaban J connectivity index is 1.48. The number of ether oxygens (including phenoxy) is 1. The lowest BCUT2D eigenvalue weighted by atomic mass is 10.1. The number of benzene rings is 2. The number of hydrogen-bond donors (Lipinski definition) is 0. The predicted octanol–water partition coefficient (Wildman–Crippen LogP) is 2.35. The zero-order valence-corrected chi connectivity index (χ0v) is 16.5. The zero-order valence-electron chi connectivity index (χ0n) is 16.5. The second kappa shape index (κ2) is 9.25. The Kier molecular flexibility index (Phi) is 6.51. The van der Waals surface area contributed by atoms with Gasteiger partial charge in [0.1, 0.15) is 5.75 Å². The van der Waals surface area contributed by atoms with Crippen molar-refractivity contribution in [3.8, 4) is 11.8 Å².